The van der Waals surface area contributed by atoms with Crippen LogP contribution in [0.5, 0.6) is 5.75 Å². The van der Waals surface area contributed by atoms with Crippen molar-refractivity contribution >= 4 is 29.8 Å². The first-order valence-corrected chi connectivity index (χ1v) is 7.51. The van der Waals surface area contributed by atoms with Gasteiger partial charge in [-0.25, -0.2) is 4.57 Å². The topological polar surface area (TPSA) is 35.5 Å². The van der Waals surface area contributed by atoms with Crippen LogP contribution in [0.2, 0.25) is 5.02 Å². The Balaban J connectivity index is 2.78. The lowest BCUT2D eigenvalue weighted by atomic mass is 10.3. The minimum atomic E-state index is -3.04. The summed E-state index contributed by atoms with van der Waals surface area (Å²) in [5.41, 5.74) is 0. The quantitative estimate of drug-likeness (QED) is 0.763. The molecule has 1 unspecified atom stereocenters. The maximum absolute atomic E-state index is 11.7. The molecule has 0 aliphatic carbocycles. The summed E-state index contributed by atoms with van der Waals surface area (Å²) in [4.78, 5) is 0. The number of rotatable bonds is 4. The van der Waals surface area contributed by atoms with E-state index in [2.05, 4.69) is 0 Å². The van der Waals surface area contributed by atoms with Gasteiger partial charge in [-0.3, -0.25) is 4.52 Å². The summed E-state index contributed by atoms with van der Waals surface area (Å²) in [5.74, 6) is 0.480. The van der Waals surface area contributed by atoms with Crippen LogP contribution in [-0.4, -0.2) is 13.4 Å². The van der Waals surface area contributed by atoms with E-state index in [-0.39, 0.29) is 0 Å². The molecule has 1 aromatic carbocycles. The van der Waals surface area contributed by atoms with E-state index in [1.165, 1.54) is 7.11 Å². The van der Waals surface area contributed by atoms with Crippen LogP contribution >= 0.6 is 29.8 Å². The van der Waals surface area contributed by atoms with Crippen LogP contribution in [0.15, 0.2) is 24.3 Å². The molecule has 3 nitrogen and oxygen atoms in total. The molecule has 0 fully saturated rings. The second kappa shape index (κ2) is 5.08. The SMILES string of the molecule is COP(=O)(Oc1ccc(Cl)cc1)SC. The largest absolute Gasteiger partial charge is 0.439 e. The average molecular weight is 253 g/mol. The van der Waals surface area contributed by atoms with E-state index in [1.807, 2.05) is 0 Å². The number of halogens is 1. The molecule has 1 rings (SSSR count). The first-order chi connectivity index (χ1) is 6.59. The van der Waals surface area contributed by atoms with Crippen LogP contribution in [0.25, 0.3) is 0 Å². The zero-order valence-electron chi connectivity index (χ0n) is 7.77. The third kappa shape index (κ3) is 3.21. The fourth-order valence-corrected chi connectivity index (χ4v) is 2.51. The van der Waals surface area contributed by atoms with Crippen molar-refractivity contribution in [1.82, 2.24) is 0 Å². The van der Waals surface area contributed by atoms with Gasteiger partial charge in [0.2, 0.25) is 0 Å². The summed E-state index contributed by atoms with van der Waals surface area (Å²) in [6, 6.07) is 6.61. The van der Waals surface area contributed by atoms with E-state index in [0.29, 0.717) is 10.8 Å². The highest BCUT2D eigenvalue weighted by Crippen LogP contribution is 2.57. The van der Waals surface area contributed by atoms with Gasteiger partial charge in [-0.05, 0) is 41.9 Å². The van der Waals surface area contributed by atoms with Gasteiger partial charge in [-0.2, -0.15) is 0 Å². The van der Waals surface area contributed by atoms with Gasteiger partial charge in [0, 0.05) is 12.1 Å². The Morgan fingerprint density at radius 2 is 1.93 bits per heavy atom. The summed E-state index contributed by atoms with van der Waals surface area (Å²) >= 11 is 6.74. The molecule has 78 valence electrons. The molecule has 0 radical (unpaired) electrons. The van der Waals surface area contributed by atoms with Crippen LogP contribution in [0.3, 0.4) is 0 Å². The molecular weight excluding hydrogens is 243 g/mol. The Labute approximate surface area is 92.0 Å². The van der Waals surface area contributed by atoms with E-state index >= 15 is 0 Å². The van der Waals surface area contributed by atoms with Crippen molar-refractivity contribution in [2.45, 2.75) is 0 Å². The molecule has 0 N–H and O–H groups in total. The van der Waals surface area contributed by atoms with Crippen LogP contribution in [0, 0.1) is 0 Å². The minimum absolute atomic E-state index is 0.480. The lowest BCUT2D eigenvalue weighted by Crippen LogP contribution is -1.90. The summed E-state index contributed by atoms with van der Waals surface area (Å²) in [6.07, 6.45) is 1.67. The van der Waals surface area contributed by atoms with E-state index in [1.54, 1.807) is 30.5 Å². The molecule has 1 atom stereocenters. The molecule has 0 bridgehead atoms. The molecule has 0 aliphatic rings. The van der Waals surface area contributed by atoms with Gasteiger partial charge in [-0.15, -0.1) is 0 Å². The molecule has 6 heteroatoms. The molecule has 0 aromatic heterocycles. The summed E-state index contributed by atoms with van der Waals surface area (Å²) in [5, 5.41) is 0.605. The number of hydrogen-bond acceptors (Lipinski definition) is 4. The van der Waals surface area contributed by atoms with Crippen molar-refractivity contribution in [1.29, 1.82) is 0 Å². The van der Waals surface area contributed by atoms with Crippen molar-refractivity contribution in [3.05, 3.63) is 29.3 Å². The number of benzene rings is 1. The molecule has 0 saturated heterocycles. The Hall–Kier alpha value is -0.150. The van der Waals surface area contributed by atoms with Gasteiger partial charge in [0.15, 0.2) is 0 Å². The van der Waals surface area contributed by atoms with E-state index in [9.17, 15) is 4.57 Å². The summed E-state index contributed by atoms with van der Waals surface area (Å²) in [7, 11) is 1.35. The highest BCUT2D eigenvalue weighted by molar-refractivity contribution is 8.54. The molecular formula is C8H10ClO3PS. The van der Waals surface area contributed by atoms with Crippen molar-refractivity contribution in [3.8, 4) is 5.75 Å². The van der Waals surface area contributed by atoms with E-state index in [0.717, 1.165) is 11.4 Å². The highest BCUT2D eigenvalue weighted by atomic mass is 35.5. The normalized spacial score (nSPS) is 14.8. The molecule has 0 aliphatic heterocycles. The van der Waals surface area contributed by atoms with E-state index in [4.69, 9.17) is 20.6 Å². The van der Waals surface area contributed by atoms with Crippen LogP contribution in [0.4, 0.5) is 0 Å². The lowest BCUT2D eigenvalue weighted by molar-refractivity contribution is 0.342. The van der Waals surface area contributed by atoms with Crippen molar-refractivity contribution < 1.29 is 13.6 Å². The molecule has 0 amide bonds. The third-order valence-corrected chi connectivity index (χ3v) is 5.07. The monoisotopic (exact) mass is 252 g/mol. The lowest BCUT2D eigenvalue weighted by Gasteiger charge is -2.13. The second-order valence-corrected chi connectivity index (χ2v) is 7.04. The molecule has 14 heavy (non-hydrogen) atoms. The average Bonchev–Trinajstić information content (AvgIpc) is 2.21. The van der Waals surface area contributed by atoms with Crippen LogP contribution in [-0.2, 0) is 9.09 Å². The fourth-order valence-electron chi connectivity index (χ4n) is 0.774. The first-order valence-electron chi connectivity index (χ1n) is 3.76. The standard InChI is InChI=1S/C8H10ClO3PS/c1-11-13(10,14-2)12-8-5-3-7(9)4-6-8/h3-6H,1-2H3. The maximum atomic E-state index is 11.7. The van der Waals surface area contributed by atoms with Crippen LogP contribution < -0.4 is 4.52 Å². The van der Waals surface area contributed by atoms with Gasteiger partial charge in [0.1, 0.15) is 5.75 Å². The van der Waals surface area contributed by atoms with Gasteiger partial charge >= 0.3 is 6.80 Å². The van der Waals surface area contributed by atoms with Crippen LogP contribution in [0.1, 0.15) is 0 Å². The zero-order chi connectivity index (χ0) is 10.6. The summed E-state index contributed by atoms with van der Waals surface area (Å²) in [6.45, 7) is -3.04. The number of hydrogen-bond donors (Lipinski definition) is 0. The van der Waals surface area contributed by atoms with Crippen molar-refractivity contribution in [2.24, 2.45) is 0 Å². The maximum Gasteiger partial charge on any atom is 0.439 e. The third-order valence-electron chi connectivity index (χ3n) is 1.48. The Morgan fingerprint density at radius 1 is 1.36 bits per heavy atom. The van der Waals surface area contributed by atoms with Gasteiger partial charge in [-0.1, -0.05) is 11.6 Å². The van der Waals surface area contributed by atoms with E-state index < -0.39 is 6.80 Å². The van der Waals surface area contributed by atoms with Crippen molar-refractivity contribution in [2.75, 3.05) is 13.4 Å². The second-order valence-electron chi connectivity index (χ2n) is 2.36. The Morgan fingerprint density at radius 3 is 2.36 bits per heavy atom. The zero-order valence-corrected chi connectivity index (χ0v) is 10.2. The van der Waals surface area contributed by atoms with Gasteiger partial charge < -0.3 is 4.52 Å². The Bertz CT molecular complexity index is 333. The van der Waals surface area contributed by atoms with Gasteiger partial charge in [0.05, 0.1) is 0 Å². The Kier molecular flexibility index (Phi) is 4.32. The molecule has 0 spiro atoms. The highest BCUT2D eigenvalue weighted by Gasteiger charge is 2.22. The predicted molar refractivity (Wildman–Crippen MR) is 60.2 cm³/mol. The first kappa shape index (κ1) is 11.9. The fraction of sp³-hybridized carbons (Fsp3) is 0.250. The molecule has 0 saturated carbocycles. The van der Waals surface area contributed by atoms with Gasteiger partial charge in [0.25, 0.3) is 0 Å². The smallest absolute Gasteiger partial charge is 0.417 e. The van der Waals surface area contributed by atoms with Crippen molar-refractivity contribution in [3.63, 3.8) is 0 Å². The summed E-state index contributed by atoms with van der Waals surface area (Å²) < 4.78 is 21.7. The molecule has 1 aromatic rings. The molecule has 0 heterocycles. The predicted octanol–water partition coefficient (Wildman–Crippen LogP) is 3.84. The minimum Gasteiger partial charge on any atom is -0.417 e.